The number of amides is 1. The predicted molar refractivity (Wildman–Crippen MR) is 110 cm³/mol. The molecule has 0 bridgehead atoms. The smallest absolute Gasteiger partial charge is 0.306 e. The fourth-order valence-electron chi connectivity index (χ4n) is 2.82. The maximum Gasteiger partial charge on any atom is 0.306 e. The first-order valence-electron chi connectivity index (χ1n) is 9.29. The first kappa shape index (κ1) is 20.2. The highest BCUT2D eigenvalue weighted by Gasteiger charge is 2.12. The molecule has 0 saturated carbocycles. The second-order valence-corrected chi connectivity index (χ2v) is 6.54. The predicted octanol–water partition coefficient (Wildman–Crippen LogP) is 4.38. The molecule has 1 amide bonds. The lowest BCUT2D eigenvalue weighted by atomic mass is 10.2. The Morgan fingerprint density at radius 2 is 1.83 bits per heavy atom. The molecule has 0 fully saturated rings. The second-order valence-electron chi connectivity index (χ2n) is 6.54. The third-order valence-corrected chi connectivity index (χ3v) is 4.29. The molecule has 0 atom stereocenters. The number of aryl methyl sites for hydroxylation is 2. The highest BCUT2D eigenvalue weighted by molar-refractivity contribution is 5.94. The molecular formula is C23H23NO5. The highest BCUT2D eigenvalue weighted by atomic mass is 16.5. The van der Waals surface area contributed by atoms with Crippen molar-refractivity contribution in [2.45, 2.75) is 19.8 Å². The van der Waals surface area contributed by atoms with E-state index in [1.165, 1.54) is 7.11 Å². The van der Waals surface area contributed by atoms with E-state index in [2.05, 4.69) is 5.32 Å². The van der Waals surface area contributed by atoms with Gasteiger partial charge in [0.25, 0.3) is 5.91 Å². The van der Waals surface area contributed by atoms with Crippen LogP contribution >= 0.6 is 0 Å². The van der Waals surface area contributed by atoms with Crippen LogP contribution in [0.3, 0.4) is 0 Å². The molecular weight excluding hydrogens is 370 g/mol. The summed E-state index contributed by atoms with van der Waals surface area (Å²) in [6, 6.07) is 18.9. The molecule has 0 aliphatic heterocycles. The van der Waals surface area contributed by atoms with E-state index in [0.29, 0.717) is 23.6 Å². The summed E-state index contributed by atoms with van der Waals surface area (Å²) in [5, 5.41) is 2.69. The molecule has 0 spiro atoms. The van der Waals surface area contributed by atoms with Crippen molar-refractivity contribution in [1.29, 1.82) is 0 Å². The number of esters is 1. The number of benzene rings is 2. The monoisotopic (exact) mass is 393 g/mol. The van der Waals surface area contributed by atoms with Crippen LogP contribution in [0, 0.1) is 6.92 Å². The van der Waals surface area contributed by atoms with E-state index in [4.69, 9.17) is 13.9 Å². The zero-order valence-electron chi connectivity index (χ0n) is 16.4. The first-order valence-corrected chi connectivity index (χ1v) is 9.29. The van der Waals surface area contributed by atoms with Gasteiger partial charge in [-0.2, -0.15) is 0 Å². The van der Waals surface area contributed by atoms with Crippen molar-refractivity contribution in [3.63, 3.8) is 0 Å². The molecule has 29 heavy (non-hydrogen) atoms. The van der Waals surface area contributed by atoms with Gasteiger partial charge in [0.2, 0.25) is 0 Å². The van der Waals surface area contributed by atoms with E-state index in [-0.39, 0.29) is 13.0 Å². The number of nitrogens with one attached hydrogen (secondary N) is 1. The van der Waals surface area contributed by atoms with Crippen LogP contribution in [-0.4, -0.2) is 25.6 Å². The summed E-state index contributed by atoms with van der Waals surface area (Å²) in [5.74, 6) is 1.10. The minimum absolute atomic E-state index is 0.128. The van der Waals surface area contributed by atoms with Gasteiger partial charge in [0.1, 0.15) is 17.3 Å². The average Bonchev–Trinajstić information content (AvgIpc) is 3.21. The SMILES string of the molecule is COc1ccc(C)cc1NC(=O)COC(=O)CCc1ccc(-c2ccccc2)o1. The lowest BCUT2D eigenvalue weighted by Crippen LogP contribution is -2.21. The molecule has 0 radical (unpaired) electrons. The Balaban J connectivity index is 1.45. The molecule has 1 aromatic heterocycles. The van der Waals surface area contributed by atoms with Crippen molar-refractivity contribution in [1.82, 2.24) is 0 Å². The Morgan fingerprint density at radius 1 is 1.03 bits per heavy atom. The van der Waals surface area contributed by atoms with Gasteiger partial charge in [-0.25, -0.2) is 0 Å². The number of hydrogen-bond donors (Lipinski definition) is 1. The van der Waals surface area contributed by atoms with Crippen molar-refractivity contribution < 1.29 is 23.5 Å². The quantitative estimate of drug-likeness (QED) is 0.575. The maximum atomic E-state index is 12.1. The van der Waals surface area contributed by atoms with Gasteiger partial charge in [-0.1, -0.05) is 36.4 Å². The summed E-state index contributed by atoms with van der Waals surface area (Å²) in [7, 11) is 1.53. The van der Waals surface area contributed by atoms with Crippen LogP contribution in [0.4, 0.5) is 5.69 Å². The molecule has 0 unspecified atom stereocenters. The van der Waals surface area contributed by atoms with Gasteiger partial charge in [0.15, 0.2) is 6.61 Å². The van der Waals surface area contributed by atoms with Crippen LogP contribution in [0.1, 0.15) is 17.7 Å². The van der Waals surface area contributed by atoms with Crippen LogP contribution in [-0.2, 0) is 20.7 Å². The summed E-state index contributed by atoms with van der Waals surface area (Å²) >= 11 is 0. The Hall–Kier alpha value is -3.54. The van der Waals surface area contributed by atoms with Crippen LogP contribution in [0.2, 0.25) is 0 Å². The van der Waals surface area contributed by atoms with Crippen LogP contribution in [0.15, 0.2) is 65.1 Å². The number of anilines is 1. The van der Waals surface area contributed by atoms with Crippen molar-refractivity contribution in [3.8, 4) is 17.1 Å². The van der Waals surface area contributed by atoms with Crippen LogP contribution in [0.25, 0.3) is 11.3 Å². The maximum absolute atomic E-state index is 12.1. The molecule has 1 N–H and O–H groups in total. The van der Waals surface area contributed by atoms with E-state index in [1.54, 1.807) is 12.1 Å². The highest BCUT2D eigenvalue weighted by Crippen LogP contribution is 2.25. The van der Waals surface area contributed by atoms with Gasteiger partial charge in [-0.15, -0.1) is 0 Å². The van der Waals surface area contributed by atoms with Crippen molar-refractivity contribution >= 4 is 17.6 Å². The van der Waals surface area contributed by atoms with Gasteiger partial charge < -0.3 is 19.2 Å². The Kier molecular flexibility index (Phi) is 6.68. The molecule has 150 valence electrons. The normalized spacial score (nSPS) is 10.4. The number of furan rings is 1. The van der Waals surface area contributed by atoms with Gasteiger partial charge in [0, 0.05) is 12.0 Å². The number of carbonyl (C=O) groups is 2. The molecule has 6 nitrogen and oxygen atoms in total. The summed E-state index contributed by atoms with van der Waals surface area (Å²) in [4.78, 5) is 24.0. The lowest BCUT2D eigenvalue weighted by Gasteiger charge is -2.11. The molecule has 3 aromatic rings. The first-order chi connectivity index (χ1) is 14.0. The number of carbonyl (C=O) groups excluding carboxylic acids is 2. The average molecular weight is 393 g/mol. The van der Waals surface area contributed by atoms with Gasteiger partial charge in [-0.3, -0.25) is 9.59 Å². The Labute approximate surface area is 169 Å². The summed E-state index contributed by atoms with van der Waals surface area (Å²) < 4.78 is 16.0. The lowest BCUT2D eigenvalue weighted by molar-refractivity contribution is -0.147. The number of hydrogen-bond acceptors (Lipinski definition) is 5. The van der Waals surface area contributed by atoms with Crippen molar-refractivity contribution in [3.05, 3.63) is 72.0 Å². The molecule has 3 rings (SSSR count). The number of methoxy groups -OCH3 is 1. The minimum Gasteiger partial charge on any atom is -0.495 e. The number of rotatable bonds is 8. The van der Waals surface area contributed by atoms with E-state index in [0.717, 1.165) is 16.9 Å². The summed E-state index contributed by atoms with van der Waals surface area (Å²) in [6.45, 7) is 1.55. The van der Waals surface area contributed by atoms with Crippen molar-refractivity contribution in [2.75, 3.05) is 19.0 Å². The minimum atomic E-state index is -0.464. The zero-order chi connectivity index (χ0) is 20.6. The van der Waals surface area contributed by atoms with Crippen molar-refractivity contribution in [2.24, 2.45) is 0 Å². The van der Waals surface area contributed by atoms with Gasteiger partial charge in [0.05, 0.1) is 19.2 Å². The van der Waals surface area contributed by atoms with Gasteiger partial charge >= 0.3 is 5.97 Å². The fraction of sp³-hybridized carbons (Fsp3) is 0.217. The molecule has 1 heterocycles. The Morgan fingerprint density at radius 3 is 2.59 bits per heavy atom. The fourth-order valence-corrected chi connectivity index (χ4v) is 2.82. The second kappa shape index (κ2) is 9.59. The van der Waals surface area contributed by atoms with E-state index >= 15 is 0 Å². The Bertz CT molecular complexity index is 978. The van der Waals surface area contributed by atoms with Gasteiger partial charge in [-0.05, 0) is 36.8 Å². The summed E-state index contributed by atoms with van der Waals surface area (Å²) in [6.07, 6.45) is 0.530. The van der Waals surface area contributed by atoms with E-state index in [9.17, 15) is 9.59 Å². The van der Waals surface area contributed by atoms with Crippen LogP contribution < -0.4 is 10.1 Å². The topological polar surface area (TPSA) is 77.8 Å². The molecule has 2 aromatic carbocycles. The molecule has 6 heteroatoms. The molecule has 0 saturated heterocycles. The third kappa shape index (κ3) is 5.72. The molecule has 0 aliphatic carbocycles. The number of ether oxygens (including phenoxy) is 2. The summed E-state index contributed by atoms with van der Waals surface area (Å²) in [5.41, 5.74) is 2.49. The standard InChI is InChI=1S/C23H23NO5/c1-16-8-11-21(27-2)19(14-16)24-22(25)15-28-23(26)13-10-18-9-12-20(29-18)17-6-4-3-5-7-17/h3-9,11-12,14H,10,13,15H2,1-2H3,(H,24,25). The largest absolute Gasteiger partial charge is 0.495 e. The van der Waals surface area contributed by atoms with E-state index < -0.39 is 11.9 Å². The molecule has 0 aliphatic rings. The zero-order valence-corrected chi connectivity index (χ0v) is 16.4. The van der Waals surface area contributed by atoms with Crippen LogP contribution in [0.5, 0.6) is 5.75 Å². The van der Waals surface area contributed by atoms with E-state index in [1.807, 2.05) is 55.5 Å². The third-order valence-electron chi connectivity index (χ3n) is 4.29.